The van der Waals surface area contributed by atoms with Gasteiger partial charge >= 0.3 is 6.09 Å². The van der Waals surface area contributed by atoms with Crippen molar-refractivity contribution >= 4 is 17.6 Å². The molecule has 1 saturated heterocycles. The van der Waals surface area contributed by atoms with E-state index in [0.717, 1.165) is 37.0 Å². The third-order valence-corrected chi connectivity index (χ3v) is 6.69. The van der Waals surface area contributed by atoms with Gasteiger partial charge in [-0.1, -0.05) is 0 Å². The Hall–Kier alpha value is -3.53. The first-order valence-corrected chi connectivity index (χ1v) is 11.7. The summed E-state index contributed by atoms with van der Waals surface area (Å²) in [5.74, 6) is -2.28. The molecule has 8 nitrogen and oxygen atoms in total. The topological polar surface area (TPSA) is 96.2 Å². The van der Waals surface area contributed by atoms with Crippen LogP contribution in [0.3, 0.4) is 0 Å². The van der Waals surface area contributed by atoms with Crippen molar-refractivity contribution in [2.45, 2.75) is 44.8 Å². The molecule has 1 unspecified atom stereocenters. The maximum atomic E-state index is 15.3. The minimum atomic E-state index is -1.04. The number of morpholine rings is 1. The third kappa shape index (κ3) is 4.58. The molecule has 2 amide bonds. The first-order chi connectivity index (χ1) is 16.8. The smallest absolute Gasteiger partial charge is 0.407 e. The van der Waals surface area contributed by atoms with Crippen molar-refractivity contribution in [2.24, 2.45) is 0 Å². The van der Waals surface area contributed by atoms with Gasteiger partial charge in [-0.05, 0) is 56.0 Å². The van der Waals surface area contributed by atoms with Crippen LogP contribution in [0.25, 0.3) is 16.9 Å². The molecule has 0 bridgehead atoms. The first kappa shape index (κ1) is 23.2. The van der Waals surface area contributed by atoms with Gasteiger partial charge in [0, 0.05) is 30.8 Å². The molecule has 1 aliphatic heterocycles. The average Bonchev–Trinajstić information content (AvgIpc) is 3.12. The van der Waals surface area contributed by atoms with E-state index < -0.39 is 29.7 Å². The first-order valence-electron chi connectivity index (χ1n) is 11.7. The van der Waals surface area contributed by atoms with Gasteiger partial charge in [-0.2, -0.15) is 0 Å². The lowest BCUT2D eigenvalue weighted by Crippen LogP contribution is -2.45. The molecule has 2 fully saturated rings. The Morgan fingerprint density at radius 3 is 2.63 bits per heavy atom. The number of pyridine rings is 1. The largest absolute Gasteiger partial charge is 0.465 e. The molecule has 0 spiro atoms. The molecule has 3 heterocycles. The molecule has 1 aliphatic carbocycles. The van der Waals surface area contributed by atoms with Crippen LogP contribution in [0.5, 0.6) is 0 Å². The Kier molecular flexibility index (Phi) is 6.14. The lowest BCUT2D eigenvalue weighted by atomic mass is 9.93. The highest BCUT2D eigenvalue weighted by atomic mass is 19.1. The standard InChI is InChI=1S/C25H26F2N4O4/c1-14-5-6-31-20(12-17-13-30(25(33)34)7-8-35-17)23(29-21(31)9-14)22-18(26)10-15(11-19(22)27)24(32)28-16-3-2-4-16/h5-6,9-11,16-17H,2-4,7-8,12-13H2,1H3,(H,28,32)(H,33,34). The SMILES string of the molecule is Cc1ccn2c(CC3CN(C(=O)O)CCO3)c(-c3c(F)cc(C(=O)NC4CCC4)cc3F)nc2c1. The lowest BCUT2D eigenvalue weighted by molar-refractivity contribution is -0.0214. The van der Waals surface area contributed by atoms with E-state index >= 15 is 8.78 Å². The fourth-order valence-corrected chi connectivity index (χ4v) is 4.58. The van der Waals surface area contributed by atoms with Gasteiger partial charge in [-0.15, -0.1) is 0 Å². The molecule has 2 aromatic heterocycles. The number of aryl methyl sites for hydroxylation is 1. The maximum absolute atomic E-state index is 15.3. The summed E-state index contributed by atoms with van der Waals surface area (Å²) in [6, 6.07) is 5.77. The van der Waals surface area contributed by atoms with Crippen LogP contribution in [0.15, 0.2) is 30.5 Å². The second-order valence-corrected chi connectivity index (χ2v) is 9.18. The number of carbonyl (C=O) groups is 2. The monoisotopic (exact) mass is 484 g/mol. The fourth-order valence-electron chi connectivity index (χ4n) is 4.58. The van der Waals surface area contributed by atoms with Gasteiger partial charge in [0.1, 0.15) is 17.3 Å². The highest BCUT2D eigenvalue weighted by Crippen LogP contribution is 2.32. The van der Waals surface area contributed by atoms with Gasteiger partial charge in [0.05, 0.1) is 36.2 Å². The molecule has 3 aromatic rings. The number of halogens is 2. The van der Waals surface area contributed by atoms with E-state index in [0.29, 0.717) is 11.3 Å². The van der Waals surface area contributed by atoms with E-state index in [2.05, 4.69) is 10.3 Å². The predicted octanol–water partition coefficient (Wildman–Crippen LogP) is 3.79. The third-order valence-electron chi connectivity index (χ3n) is 6.69. The van der Waals surface area contributed by atoms with Crippen LogP contribution in [-0.2, 0) is 11.2 Å². The Balaban J connectivity index is 1.53. The summed E-state index contributed by atoms with van der Waals surface area (Å²) >= 11 is 0. The summed E-state index contributed by atoms with van der Waals surface area (Å²) < 4.78 is 38.2. The van der Waals surface area contributed by atoms with Crippen LogP contribution >= 0.6 is 0 Å². The Morgan fingerprint density at radius 2 is 1.97 bits per heavy atom. The van der Waals surface area contributed by atoms with Crippen molar-refractivity contribution in [1.82, 2.24) is 19.6 Å². The van der Waals surface area contributed by atoms with E-state index in [9.17, 15) is 14.7 Å². The number of carbonyl (C=O) groups excluding carboxylic acids is 1. The molecule has 5 rings (SSSR count). The molecule has 1 saturated carbocycles. The molecular formula is C25H26F2N4O4. The summed E-state index contributed by atoms with van der Waals surface area (Å²) in [6.07, 6.45) is 3.18. The van der Waals surface area contributed by atoms with E-state index in [1.54, 1.807) is 16.7 Å². The number of hydrogen-bond acceptors (Lipinski definition) is 4. The number of ether oxygens (including phenoxy) is 1. The molecule has 1 aromatic carbocycles. The molecule has 2 N–H and O–H groups in total. The molecule has 2 aliphatic rings. The number of nitrogens with zero attached hydrogens (tertiary/aromatic N) is 3. The van der Waals surface area contributed by atoms with Crippen LogP contribution in [0, 0.1) is 18.6 Å². The Morgan fingerprint density at radius 1 is 1.23 bits per heavy atom. The number of rotatable bonds is 5. The zero-order chi connectivity index (χ0) is 24.7. The molecule has 184 valence electrons. The van der Waals surface area contributed by atoms with Gasteiger partial charge in [-0.3, -0.25) is 4.79 Å². The normalized spacial score (nSPS) is 18.5. The lowest BCUT2D eigenvalue weighted by Gasteiger charge is -2.31. The van der Waals surface area contributed by atoms with Crippen LogP contribution < -0.4 is 5.32 Å². The Labute approximate surface area is 200 Å². The van der Waals surface area contributed by atoms with Gasteiger partial charge in [0.25, 0.3) is 5.91 Å². The second-order valence-electron chi connectivity index (χ2n) is 9.18. The molecule has 0 radical (unpaired) electrons. The number of amides is 2. The second kappa shape index (κ2) is 9.26. The van der Waals surface area contributed by atoms with Crippen molar-refractivity contribution in [3.63, 3.8) is 0 Å². The van der Waals surface area contributed by atoms with E-state index in [4.69, 9.17) is 4.74 Å². The van der Waals surface area contributed by atoms with Gasteiger partial charge in [0.2, 0.25) is 0 Å². The Bertz CT molecular complexity index is 1280. The summed E-state index contributed by atoms with van der Waals surface area (Å²) in [5.41, 5.74) is 1.63. The zero-order valence-electron chi connectivity index (χ0n) is 19.3. The molecule has 10 heteroatoms. The number of carboxylic acid groups (broad SMARTS) is 1. The summed E-state index contributed by atoms with van der Waals surface area (Å²) in [7, 11) is 0. The minimum Gasteiger partial charge on any atom is -0.465 e. The fraction of sp³-hybridized carbons (Fsp3) is 0.400. The van der Waals surface area contributed by atoms with Crippen LogP contribution in [0.2, 0.25) is 0 Å². The van der Waals surface area contributed by atoms with E-state index in [1.165, 1.54) is 4.90 Å². The van der Waals surface area contributed by atoms with Gasteiger partial charge < -0.3 is 24.5 Å². The van der Waals surface area contributed by atoms with Crippen LogP contribution in [0.4, 0.5) is 13.6 Å². The number of benzene rings is 1. The van der Waals surface area contributed by atoms with Crippen LogP contribution in [-0.4, -0.2) is 63.2 Å². The number of nitrogens with one attached hydrogen (secondary N) is 1. The summed E-state index contributed by atoms with van der Waals surface area (Å²) in [4.78, 5) is 29.7. The average molecular weight is 485 g/mol. The quantitative estimate of drug-likeness (QED) is 0.575. The zero-order valence-corrected chi connectivity index (χ0v) is 19.3. The number of imidazole rings is 1. The number of aromatic nitrogens is 2. The maximum Gasteiger partial charge on any atom is 0.407 e. The van der Waals surface area contributed by atoms with Gasteiger partial charge in [0.15, 0.2) is 0 Å². The summed E-state index contributed by atoms with van der Waals surface area (Å²) in [6.45, 7) is 2.52. The van der Waals surface area contributed by atoms with E-state index in [1.807, 2.05) is 13.0 Å². The summed E-state index contributed by atoms with van der Waals surface area (Å²) in [5, 5.41) is 12.1. The van der Waals surface area contributed by atoms with Crippen LogP contribution in [0.1, 0.15) is 40.9 Å². The molecule has 1 atom stereocenters. The molecule has 35 heavy (non-hydrogen) atoms. The van der Waals surface area contributed by atoms with Gasteiger partial charge in [-0.25, -0.2) is 18.6 Å². The van der Waals surface area contributed by atoms with Crippen molar-refractivity contribution in [2.75, 3.05) is 19.7 Å². The molecular weight excluding hydrogens is 458 g/mol. The predicted molar refractivity (Wildman–Crippen MR) is 123 cm³/mol. The number of hydrogen-bond donors (Lipinski definition) is 2. The van der Waals surface area contributed by atoms with Crippen molar-refractivity contribution in [3.05, 3.63) is 58.9 Å². The number of fused-ring (bicyclic) bond motifs is 1. The highest BCUT2D eigenvalue weighted by Gasteiger charge is 2.29. The van der Waals surface area contributed by atoms with E-state index in [-0.39, 0.29) is 49.0 Å². The van der Waals surface area contributed by atoms with Crippen molar-refractivity contribution in [1.29, 1.82) is 0 Å². The minimum absolute atomic E-state index is 0.0439. The van der Waals surface area contributed by atoms with Crippen molar-refractivity contribution in [3.8, 4) is 11.3 Å². The highest BCUT2D eigenvalue weighted by molar-refractivity contribution is 5.95. The van der Waals surface area contributed by atoms with Crippen molar-refractivity contribution < 1.29 is 28.2 Å².